The van der Waals surface area contributed by atoms with Crippen molar-refractivity contribution in [1.82, 2.24) is 0 Å². The Labute approximate surface area is 138 Å². The van der Waals surface area contributed by atoms with Crippen molar-refractivity contribution < 1.29 is 5.11 Å². The number of benzene rings is 1. The Bertz CT molecular complexity index is 432. The molecule has 1 heteroatoms. The first-order valence-electron chi connectivity index (χ1n) is 9.07. The van der Waals surface area contributed by atoms with Crippen molar-refractivity contribution in [2.45, 2.75) is 86.0 Å². The maximum absolute atomic E-state index is 9.62. The summed E-state index contributed by atoms with van der Waals surface area (Å²) in [6.07, 6.45) is 7.42. The third-order valence-electron chi connectivity index (χ3n) is 5.45. The molecular formula is C21H36O. The molecule has 0 saturated carbocycles. The Morgan fingerprint density at radius 2 is 1.45 bits per heavy atom. The van der Waals surface area contributed by atoms with Gasteiger partial charge in [-0.3, -0.25) is 0 Å². The van der Waals surface area contributed by atoms with Crippen LogP contribution in [0.3, 0.4) is 0 Å². The van der Waals surface area contributed by atoms with Crippen molar-refractivity contribution in [1.29, 1.82) is 0 Å². The molecule has 1 rings (SSSR count). The van der Waals surface area contributed by atoms with Gasteiger partial charge < -0.3 is 5.11 Å². The Morgan fingerprint density at radius 1 is 0.909 bits per heavy atom. The third-order valence-corrected chi connectivity index (χ3v) is 5.45. The lowest BCUT2D eigenvalue weighted by atomic mass is 9.63. The summed E-state index contributed by atoms with van der Waals surface area (Å²) in [7, 11) is 0. The molecule has 126 valence electrons. The van der Waals surface area contributed by atoms with E-state index >= 15 is 0 Å². The minimum atomic E-state index is 0.330. The van der Waals surface area contributed by atoms with Crippen LogP contribution in [0.5, 0.6) is 5.75 Å². The number of hydrogen-bond donors (Lipinski definition) is 1. The van der Waals surface area contributed by atoms with Gasteiger partial charge in [-0.05, 0) is 53.7 Å². The van der Waals surface area contributed by atoms with Gasteiger partial charge in [0.1, 0.15) is 5.75 Å². The van der Waals surface area contributed by atoms with Crippen LogP contribution in [-0.2, 0) is 0 Å². The van der Waals surface area contributed by atoms with Crippen LogP contribution in [-0.4, -0.2) is 5.11 Å². The summed E-state index contributed by atoms with van der Waals surface area (Å²) in [4.78, 5) is 0. The summed E-state index contributed by atoms with van der Waals surface area (Å²) in [6.45, 7) is 14.2. The van der Waals surface area contributed by atoms with Crippen LogP contribution < -0.4 is 0 Å². The van der Waals surface area contributed by atoms with E-state index in [2.05, 4.69) is 53.7 Å². The van der Waals surface area contributed by atoms with Crippen LogP contribution in [0, 0.1) is 10.8 Å². The molecule has 0 saturated heterocycles. The molecular weight excluding hydrogens is 268 g/mol. The molecule has 2 unspecified atom stereocenters. The highest BCUT2D eigenvalue weighted by molar-refractivity contribution is 5.29. The van der Waals surface area contributed by atoms with Crippen LogP contribution in [0.15, 0.2) is 24.3 Å². The fraction of sp³-hybridized carbons (Fsp3) is 0.714. The normalized spacial score (nSPS) is 16.3. The van der Waals surface area contributed by atoms with Crippen LogP contribution >= 0.6 is 0 Å². The topological polar surface area (TPSA) is 20.2 Å². The second-order valence-corrected chi connectivity index (χ2v) is 8.02. The van der Waals surface area contributed by atoms with Gasteiger partial charge in [0.15, 0.2) is 0 Å². The van der Waals surface area contributed by atoms with E-state index in [4.69, 9.17) is 0 Å². The maximum Gasteiger partial charge on any atom is 0.115 e. The van der Waals surface area contributed by atoms with E-state index in [1.54, 1.807) is 0 Å². The first kappa shape index (κ1) is 19.1. The van der Waals surface area contributed by atoms with E-state index in [1.807, 2.05) is 12.1 Å². The van der Waals surface area contributed by atoms with Crippen molar-refractivity contribution in [2.75, 3.05) is 0 Å². The van der Waals surface area contributed by atoms with Gasteiger partial charge >= 0.3 is 0 Å². The van der Waals surface area contributed by atoms with Crippen molar-refractivity contribution in [3.8, 4) is 5.75 Å². The van der Waals surface area contributed by atoms with E-state index in [0.29, 0.717) is 22.5 Å². The predicted molar refractivity (Wildman–Crippen MR) is 97.5 cm³/mol. The lowest BCUT2D eigenvalue weighted by Crippen LogP contribution is -2.29. The number of aromatic hydroxyl groups is 1. The zero-order valence-corrected chi connectivity index (χ0v) is 15.6. The minimum absolute atomic E-state index is 0.330. The molecule has 0 bridgehead atoms. The van der Waals surface area contributed by atoms with Gasteiger partial charge in [-0.2, -0.15) is 0 Å². The van der Waals surface area contributed by atoms with E-state index in [0.717, 1.165) is 0 Å². The molecule has 0 radical (unpaired) electrons. The van der Waals surface area contributed by atoms with Gasteiger partial charge in [0, 0.05) is 0 Å². The molecule has 0 aliphatic carbocycles. The maximum atomic E-state index is 9.62. The second kappa shape index (κ2) is 8.04. The lowest BCUT2D eigenvalue weighted by molar-refractivity contribution is 0.154. The molecule has 0 aromatic heterocycles. The zero-order valence-electron chi connectivity index (χ0n) is 15.6. The lowest BCUT2D eigenvalue weighted by Gasteiger charge is -2.42. The van der Waals surface area contributed by atoms with Crippen molar-refractivity contribution >= 4 is 0 Å². The predicted octanol–water partition coefficient (Wildman–Crippen LogP) is 6.91. The zero-order chi connectivity index (χ0) is 16.8. The van der Waals surface area contributed by atoms with Gasteiger partial charge in [-0.1, -0.05) is 72.9 Å². The Morgan fingerprint density at radius 3 is 1.91 bits per heavy atom. The van der Waals surface area contributed by atoms with Crippen LogP contribution in [0.4, 0.5) is 0 Å². The Hall–Kier alpha value is -0.980. The summed E-state index contributed by atoms with van der Waals surface area (Å²) in [5.74, 6) is 0.920. The molecule has 0 heterocycles. The van der Waals surface area contributed by atoms with Crippen LogP contribution in [0.25, 0.3) is 0 Å². The molecule has 1 nitrogen and oxygen atoms in total. The SMILES string of the molecule is CCCC(C)(C)CC(c1ccc(O)cc1)C(C)(CC)CCC. The average Bonchev–Trinajstić information content (AvgIpc) is 2.46. The quantitative estimate of drug-likeness (QED) is 0.525. The summed E-state index contributed by atoms with van der Waals surface area (Å²) in [5, 5.41) is 9.62. The molecule has 0 amide bonds. The standard InChI is InChI=1S/C21H36O/c1-7-14-20(4,5)16-19(21(6,9-3)15-8-2)17-10-12-18(22)13-11-17/h10-13,19,22H,7-9,14-16H2,1-6H3. The largest absolute Gasteiger partial charge is 0.508 e. The summed E-state index contributed by atoms with van der Waals surface area (Å²) < 4.78 is 0. The van der Waals surface area contributed by atoms with E-state index < -0.39 is 0 Å². The fourth-order valence-electron chi connectivity index (χ4n) is 3.97. The van der Waals surface area contributed by atoms with E-state index in [1.165, 1.54) is 44.1 Å². The highest BCUT2D eigenvalue weighted by Gasteiger charge is 2.36. The highest BCUT2D eigenvalue weighted by Crippen LogP contribution is 2.49. The smallest absolute Gasteiger partial charge is 0.115 e. The van der Waals surface area contributed by atoms with Gasteiger partial charge in [-0.15, -0.1) is 0 Å². The summed E-state index contributed by atoms with van der Waals surface area (Å²) in [6, 6.07) is 7.95. The van der Waals surface area contributed by atoms with Crippen molar-refractivity contribution in [3.05, 3.63) is 29.8 Å². The van der Waals surface area contributed by atoms with Gasteiger partial charge in [0.2, 0.25) is 0 Å². The van der Waals surface area contributed by atoms with E-state index in [9.17, 15) is 5.11 Å². The van der Waals surface area contributed by atoms with Crippen molar-refractivity contribution in [2.24, 2.45) is 10.8 Å². The summed E-state index contributed by atoms with van der Waals surface area (Å²) >= 11 is 0. The van der Waals surface area contributed by atoms with Gasteiger partial charge in [-0.25, -0.2) is 0 Å². The first-order chi connectivity index (χ1) is 10.3. The fourth-order valence-corrected chi connectivity index (χ4v) is 3.97. The second-order valence-electron chi connectivity index (χ2n) is 8.02. The molecule has 0 aliphatic heterocycles. The van der Waals surface area contributed by atoms with Crippen molar-refractivity contribution in [3.63, 3.8) is 0 Å². The van der Waals surface area contributed by atoms with Crippen LogP contribution in [0.1, 0.15) is 91.5 Å². The van der Waals surface area contributed by atoms with Crippen LogP contribution in [0.2, 0.25) is 0 Å². The Balaban J connectivity index is 3.17. The molecule has 1 aromatic rings. The molecule has 0 spiro atoms. The molecule has 0 aliphatic rings. The van der Waals surface area contributed by atoms with Gasteiger partial charge in [0.25, 0.3) is 0 Å². The number of rotatable bonds is 9. The number of hydrogen-bond acceptors (Lipinski definition) is 1. The summed E-state index contributed by atoms with van der Waals surface area (Å²) in [5.41, 5.74) is 2.08. The highest BCUT2D eigenvalue weighted by atomic mass is 16.3. The monoisotopic (exact) mass is 304 g/mol. The van der Waals surface area contributed by atoms with E-state index in [-0.39, 0.29) is 0 Å². The Kier molecular flexibility index (Phi) is 6.97. The number of phenols is 1. The van der Waals surface area contributed by atoms with Gasteiger partial charge in [0.05, 0.1) is 0 Å². The molecule has 22 heavy (non-hydrogen) atoms. The third kappa shape index (κ3) is 5.04. The molecule has 2 atom stereocenters. The first-order valence-corrected chi connectivity index (χ1v) is 9.07. The molecule has 1 aromatic carbocycles. The molecule has 1 N–H and O–H groups in total. The molecule has 0 fully saturated rings. The number of phenolic OH excluding ortho intramolecular Hbond substituents is 1. The average molecular weight is 305 g/mol. The minimum Gasteiger partial charge on any atom is -0.508 e.